The first-order valence-corrected chi connectivity index (χ1v) is 4.97. The van der Waals surface area contributed by atoms with Crippen molar-refractivity contribution < 1.29 is 0 Å². The highest BCUT2D eigenvalue weighted by Crippen LogP contribution is 2.23. The lowest BCUT2D eigenvalue weighted by Gasteiger charge is -1.98. The van der Waals surface area contributed by atoms with Crippen LogP contribution < -0.4 is 0 Å². The molecule has 12 heavy (non-hydrogen) atoms. The van der Waals surface area contributed by atoms with Gasteiger partial charge in [-0.1, -0.05) is 0 Å². The fraction of sp³-hybridized carbons (Fsp3) is 0. The maximum atomic E-state index is 4.27. The Labute approximate surface area is 87.1 Å². The molecule has 0 unspecified atom stereocenters. The molecule has 2 rings (SSSR count). The SMILES string of the molecule is Brc1cnc2c(Br)c[c]cc2c1. The average molecular weight is 286 g/mol. The van der Waals surface area contributed by atoms with E-state index in [9.17, 15) is 0 Å². The molecule has 0 atom stereocenters. The van der Waals surface area contributed by atoms with Gasteiger partial charge in [0.1, 0.15) is 0 Å². The van der Waals surface area contributed by atoms with Crippen LogP contribution in [0.15, 0.2) is 33.3 Å². The van der Waals surface area contributed by atoms with Gasteiger partial charge in [0.2, 0.25) is 0 Å². The number of aromatic nitrogens is 1. The largest absolute Gasteiger partial charge is 0.254 e. The van der Waals surface area contributed by atoms with Crippen LogP contribution in [0.3, 0.4) is 0 Å². The van der Waals surface area contributed by atoms with Crippen molar-refractivity contribution in [2.24, 2.45) is 0 Å². The second kappa shape index (κ2) is 3.15. The molecule has 1 aromatic carbocycles. The van der Waals surface area contributed by atoms with Crippen LogP contribution in [0.1, 0.15) is 0 Å². The summed E-state index contributed by atoms with van der Waals surface area (Å²) in [6, 6.07) is 8.82. The molecule has 0 saturated heterocycles. The van der Waals surface area contributed by atoms with E-state index in [1.807, 2.05) is 18.2 Å². The van der Waals surface area contributed by atoms with Crippen LogP contribution in [0.4, 0.5) is 0 Å². The summed E-state index contributed by atoms with van der Waals surface area (Å²) >= 11 is 6.78. The van der Waals surface area contributed by atoms with Gasteiger partial charge in [-0.3, -0.25) is 4.98 Å². The van der Waals surface area contributed by atoms with E-state index in [1.54, 1.807) is 6.20 Å². The summed E-state index contributed by atoms with van der Waals surface area (Å²) in [4.78, 5) is 4.27. The van der Waals surface area contributed by atoms with E-state index >= 15 is 0 Å². The Bertz CT molecular complexity index is 426. The molecule has 0 spiro atoms. The maximum Gasteiger partial charge on any atom is 0.0845 e. The number of hydrogen-bond acceptors (Lipinski definition) is 1. The Balaban J connectivity index is 2.86. The molecule has 1 radical (unpaired) electrons. The lowest BCUT2D eigenvalue weighted by Crippen LogP contribution is -1.79. The number of hydrogen-bond donors (Lipinski definition) is 0. The Morgan fingerprint density at radius 3 is 2.92 bits per heavy atom. The first-order valence-electron chi connectivity index (χ1n) is 3.38. The lowest BCUT2D eigenvalue weighted by molar-refractivity contribution is 1.38. The summed E-state index contributed by atoms with van der Waals surface area (Å²) in [5.41, 5.74) is 0.969. The van der Waals surface area contributed by atoms with E-state index in [1.165, 1.54) is 0 Å². The van der Waals surface area contributed by atoms with Gasteiger partial charge in [-0.15, -0.1) is 0 Å². The van der Waals surface area contributed by atoms with Crippen LogP contribution in [-0.2, 0) is 0 Å². The van der Waals surface area contributed by atoms with Gasteiger partial charge in [0.15, 0.2) is 0 Å². The van der Waals surface area contributed by atoms with Crippen LogP contribution in [0.25, 0.3) is 10.9 Å². The zero-order valence-electron chi connectivity index (χ0n) is 6.01. The minimum absolute atomic E-state index is 0.969. The lowest BCUT2D eigenvalue weighted by atomic mass is 10.2. The van der Waals surface area contributed by atoms with E-state index in [2.05, 4.69) is 42.9 Å². The molecule has 0 aliphatic carbocycles. The third-order valence-electron chi connectivity index (χ3n) is 1.56. The van der Waals surface area contributed by atoms with E-state index in [0.717, 1.165) is 19.8 Å². The topological polar surface area (TPSA) is 12.9 Å². The molecule has 0 aliphatic heterocycles. The van der Waals surface area contributed by atoms with Gasteiger partial charge in [0.25, 0.3) is 0 Å². The smallest absolute Gasteiger partial charge is 0.0845 e. The van der Waals surface area contributed by atoms with Gasteiger partial charge < -0.3 is 0 Å². The molecule has 0 saturated carbocycles. The highest BCUT2D eigenvalue weighted by atomic mass is 79.9. The molecule has 0 aliphatic rings. The number of fused-ring (bicyclic) bond motifs is 1. The average Bonchev–Trinajstić information content (AvgIpc) is 2.04. The van der Waals surface area contributed by atoms with Crippen LogP contribution in [-0.4, -0.2) is 4.98 Å². The van der Waals surface area contributed by atoms with Crippen molar-refractivity contribution in [1.29, 1.82) is 0 Å². The molecule has 3 heteroatoms. The second-order valence-electron chi connectivity index (χ2n) is 2.39. The summed E-state index contributed by atoms with van der Waals surface area (Å²) in [7, 11) is 0. The van der Waals surface area contributed by atoms with E-state index in [0.29, 0.717) is 0 Å². The quantitative estimate of drug-likeness (QED) is 0.721. The Morgan fingerprint density at radius 1 is 1.25 bits per heavy atom. The molecule has 1 nitrogen and oxygen atoms in total. The number of benzene rings is 1. The van der Waals surface area contributed by atoms with Crippen LogP contribution in [0, 0.1) is 6.07 Å². The summed E-state index contributed by atoms with van der Waals surface area (Å²) < 4.78 is 1.97. The Morgan fingerprint density at radius 2 is 2.08 bits per heavy atom. The Hall–Kier alpha value is -0.410. The van der Waals surface area contributed by atoms with Crippen molar-refractivity contribution in [3.05, 3.63) is 39.4 Å². The summed E-state index contributed by atoms with van der Waals surface area (Å²) in [6.07, 6.45) is 1.78. The van der Waals surface area contributed by atoms with E-state index in [-0.39, 0.29) is 0 Å². The monoisotopic (exact) mass is 284 g/mol. The zero-order valence-corrected chi connectivity index (χ0v) is 9.18. The van der Waals surface area contributed by atoms with Crippen LogP contribution in [0.2, 0.25) is 0 Å². The van der Waals surface area contributed by atoms with E-state index < -0.39 is 0 Å². The third-order valence-corrected chi connectivity index (χ3v) is 2.60. The minimum atomic E-state index is 0.969. The molecular weight excluding hydrogens is 282 g/mol. The molecular formula is C9H4Br2N. The highest BCUT2D eigenvalue weighted by molar-refractivity contribution is 9.11. The molecule has 1 heterocycles. The van der Waals surface area contributed by atoms with Crippen molar-refractivity contribution in [1.82, 2.24) is 4.98 Å². The number of rotatable bonds is 0. The predicted octanol–water partition coefficient (Wildman–Crippen LogP) is 3.56. The first-order chi connectivity index (χ1) is 5.77. The van der Waals surface area contributed by atoms with Gasteiger partial charge >= 0.3 is 0 Å². The molecule has 1 aromatic heterocycles. The molecule has 0 fully saturated rings. The fourth-order valence-electron chi connectivity index (χ4n) is 1.04. The van der Waals surface area contributed by atoms with E-state index in [4.69, 9.17) is 0 Å². The second-order valence-corrected chi connectivity index (χ2v) is 4.16. The highest BCUT2D eigenvalue weighted by Gasteiger charge is 1.98. The standard InChI is InChI=1S/C9H4Br2N/c10-7-4-6-2-1-3-8(11)9(6)12-5-7/h2-5H. The van der Waals surface area contributed by atoms with Gasteiger partial charge in [-0.25, -0.2) is 0 Å². The predicted molar refractivity (Wildman–Crippen MR) is 56.0 cm³/mol. The van der Waals surface area contributed by atoms with Crippen LogP contribution in [0.5, 0.6) is 0 Å². The van der Waals surface area contributed by atoms with Gasteiger partial charge in [-0.05, 0) is 56.1 Å². The Kier molecular flexibility index (Phi) is 2.15. The van der Waals surface area contributed by atoms with Crippen molar-refractivity contribution in [2.45, 2.75) is 0 Å². The molecule has 59 valence electrons. The molecule has 0 bridgehead atoms. The number of pyridine rings is 1. The van der Waals surface area contributed by atoms with Crippen molar-refractivity contribution in [2.75, 3.05) is 0 Å². The molecule has 2 aromatic rings. The maximum absolute atomic E-state index is 4.27. The van der Waals surface area contributed by atoms with Crippen molar-refractivity contribution in [3.8, 4) is 0 Å². The van der Waals surface area contributed by atoms with Gasteiger partial charge in [0.05, 0.1) is 5.52 Å². The summed E-state index contributed by atoms with van der Waals surface area (Å²) in [5.74, 6) is 0. The number of nitrogens with zero attached hydrogens (tertiary/aromatic N) is 1. The molecule has 0 amide bonds. The van der Waals surface area contributed by atoms with Gasteiger partial charge in [-0.2, -0.15) is 0 Å². The summed E-state index contributed by atoms with van der Waals surface area (Å²) in [5, 5.41) is 1.08. The minimum Gasteiger partial charge on any atom is -0.254 e. The third kappa shape index (κ3) is 1.39. The molecule has 0 N–H and O–H groups in total. The van der Waals surface area contributed by atoms with Crippen LogP contribution >= 0.6 is 31.9 Å². The normalized spacial score (nSPS) is 10.5. The fourth-order valence-corrected chi connectivity index (χ4v) is 1.85. The van der Waals surface area contributed by atoms with Gasteiger partial charge in [0, 0.05) is 20.5 Å². The van der Waals surface area contributed by atoms with Crippen molar-refractivity contribution in [3.63, 3.8) is 0 Å². The summed E-state index contributed by atoms with van der Waals surface area (Å²) in [6.45, 7) is 0. The van der Waals surface area contributed by atoms with Crippen molar-refractivity contribution >= 4 is 42.8 Å². The first kappa shape index (κ1) is 8.20. The number of halogens is 2. The zero-order chi connectivity index (χ0) is 8.55.